The number of hydrogen-bond donors (Lipinski definition) is 2. The summed E-state index contributed by atoms with van der Waals surface area (Å²) in [5.74, 6) is 0.826. The Morgan fingerprint density at radius 3 is 2.89 bits per heavy atom. The van der Waals surface area contributed by atoms with Crippen LogP contribution in [-0.4, -0.2) is 70.2 Å². The predicted octanol–water partition coefficient (Wildman–Crippen LogP) is -0.943. The van der Waals surface area contributed by atoms with Crippen molar-refractivity contribution < 1.29 is 4.79 Å². The molecule has 1 amide bonds. The van der Waals surface area contributed by atoms with E-state index in [4.69, 9.17) is 0 Å². The molecule has 0 saturated carbocycles. The average molecular weight is 252 g/mol. The Bertz CT molecular complexity index is 373. The van der Waals surface area contributed by atoms with Gasteiger partial charge in [0.15, 0.2) is 0 Å². The first-order valence-electron chi connectivity index (χ1n) is 6.22. The Kier molecular flexibility index (Phi) is 4.27. The molecule has 1 unspecified atom stereocenters. The quantitative estimate of drug-likeness (QED) is 0.723. The molecular weight excluding hydrogens is 232 g/mol. The number of aromatic amines is 1. The summed E-state index contributed by atoms with van der Waals surface area (Å²) in [7, 11) is 1.80. The van der Waals surface area contributed by atoms with Crippen molar-refractivity contribution >= 4 is 5.91 Å². The fraction of sp³-hybridized carbons (Fsp3) is 0.727. The van der Waals surface area contributed by atoms with Crippen molar-refractivity contribution in [1.82, 2.24) is 30.3 Å². The van der Waals surface area contributed by atoms with E-state index in [1.165, 1.54) is 6.33 Å². The minimum atomic E-state index is -0.0833. The van der Waals surface area contributed by atoms with Crippen LogP contribution in [0, 0.1) is 0 Å². The number of likely N-dealkylation sites (N-methyl/N-ethyl adjacent to an activating group) is 1. The second kappa shape index (κ2) is 5.92. The van der Waals surface area contributed by atoms with E-state index in [1.807, 2.05) is 6.92 Å². The van der Waals surface area contributed by atoms with Gasteiger partial charge in [-0.2, -0.15) is 5.10 Å². The molecule has 1 saturated heterocycles. The number of hydrogen-bond acceptors (Lipinski definition) is 5. The molecule has 0 aliphatic carbocycles. The highest BCUT2D eigenvalue weighted by atomic mass is 16.2. The molecule has 1 aromatic heterocycles. The number of nitrogens with zero attached hydrogens (tertiary/aromatic N) is 4. The lowest BCUT2D eigenvalue weighted by Gasteiger charge is -2.33. The molecule has 100 valence electrons. The lowest BCUT2D eigenvalue weighted by atomic mass is 10.2. The number of nitrogens with one attached hydrogen (secondary N) is 2. The summed E-state index contributed by atoms with van der Waals surface area (Å²) in [5.41, 5.74) is 0. The Balaban J connectivity index is 1.88. The third-order valence-corrected chi connectivity index (χ3v) is 3.28. The summed E-state index contributed by atoms with van der Waals surface area (Å²) in [5, 5.41) is 9.82. The van der Waals surface area contributed by atoms with Gasteiger partial charge in [0.2, 0.25) is 5.91 Å². The van der Waals surface area contributed by atoms with E-state index >= 15 is 0 Å². The molecule has 0 aromatic carbocycles. The van der Waals surface area contributed by atoms with Gasteiger partial charge in [-0.1, -0.05) is 0 Å². The molecule has 2 N–H and O–H groups in total. The number of piperazine rings is 1. The maximum absolute atomic E-state index is 12.3. The molecule has 1 atom stereocenters. The first kappa shape index (κ1) is 13.0. The molecular formula is C11H20N6O. The van der Waals surface area contributed by atoms with Crippen LogP contribution >= 0.6 is 0 Å². The zero-order valence-electron chi connectivity index (χ0n) is 10.9. The minimum absolute atomic E-state index is 0.0833. The molecule has 0 radical (unpaired) electrons. The smallest absolute Gasteiger partial charge is 0.239 e. The van der Waals surface area contributed by atoms with Crippen molar-refractivity contribution in [1.29, 1.82) is 0 Å². The lowest BCUT2D eigenvalue weighted by molar-refractivity contribution is -0.136. The Hall–Kier alpha value is -1.47. The molecule has 7 nitrogen and oxygen atoms in total. The summed E-state index contributed by atoms with van der Waals surface area (Å²) < 4.78 is 0. The minimum Gasteiger partial charge on any atom is -0.337 e. The summed E-state index contributed by atoms with van der Waals surface area (Å²) in [6.45, 7) is 6.17. The van der Waals surface area contributed by atoms with E-state index in [1.54, 1.807) is 11.9 Å². The Labute approximate surface area is 107 Å². The maximum Gasteiger partial charge on any atom is 0.239 e. The van der Waals surface area contributed by atoms with Gasteiger partial charge in [-0.15, -0.1) is 0 Å². The predicted molar refractivity (Wildman–Crippen MR) is 66.8 cm³/mol. The summed E-state index contributed by atoms with van der Waals surface area (Å²) in [6, 6.07) is -0.0833. The van der Waals surface area contributed by atoms with Crippen molar-refractivity contribution in [2.45, 2.75) is 19.5 Å². The van der Waals surface area contributed by atoms with Gasteiger partial charge < -0.3 is 10.2 Å². The molecule has 1 aliphatic heterocycles. The molecule has 7 heteroatoms. The van der Waals surface area contributed by atoms with Crippen LogP contribution in [0.15, 0.2) is 6.33 Å². The molecule has 2 heterocycles. The lowest BCUT2D eigenvalue weighted by Crippen LogP contribution is -2.52. The van der Waals surface area contributed by atoms with E-state index in [0.717, 1.165) is 26.2 Å². The van der Waals surface area contributed by atoms with Crippen LogP contribution < -0.4 is 5.32 Å². The fourth-order valence-electron chi connectivity index (χ4n) is 2.15. The van der Waals surface area contributed by atoms with E-state index in [-0.39, 0.29) is 11.9 Å². The highest BCUT2D eigenvalue weighted by Gasteiger charge is 2.25. The van der Waals surface area contributed by atoms with Crippen molar-refractivity contribution in [3.63, 3.8) is 0 Å². The third-order valence-electron chi connectivity index (χ3n) is 3.28. The summed E-state index contributed by atoms with van der Waals surface area (Å²) >= 11 is 0. The van der Waals surface area contributed by atoms with E-state index in [0.29, 0.717) is 12.4 Å². The summed E-state index contributed by atoms with van der Waals surface area (Å²) in [6.07, 6.45) is 1.45. The molecule has 1 fully saturated rings. The highest BCUT2D eigenvalue weighted by molar-refractivity contribution is 5.81. The van der Waals surface area contributed by atoms with Crippen molar-refractivity contribution in [3.05, 3.63) is 12.2 Å². The molecule has 0 bridgehead atoms. The number of carbonyl (C=O) groups excluding carboxylic acids is 1. The number of amides is 1. The maximum atomic E-state index is 12.3. The summed E-state index contributed by atoms with van der Waals surface area (Å²) in [4.78, 5) is 20.2. The monoisotopic (exact) mass is 252 g/mol. The fourth-order valence-corrected chi connectivity index (χ4v) is 2.15. The standard InChI is InChI=1S/C11H20N6O/c1-9(17-5-3-12-4-6-17)11(18)16(2)7-10-13-8-14-15-10/h8-9,12H,3-7H2,1-2H3,(H,13,14,15). The van der Waals surface area contributed by atoms with Gasteiger partial charge in [0, 0.05) is 33.2 Å². The second-order valence-corrected chi connectivity index (χ2v) is 4.59. The zero-order valence-corrected chi connectivity index (χ0v) is 10.9. The number of carbonyl (C=O) groups is 1. The number of H-pyrrole nitrogens is 1. The van der Waals surface area contributed by atoms with Crippen LogP contribution in [0.4, 0.5) is 0 Å². The van der Waals surface area contributed by atoms with Crippen molar-refractivity contribution in [3.8, 4) is 0 Å². The Morgan fingerprint density at radius 1 is 1.56 bits per heavy atom. The highest BCUT2D eigenvalue weighted by Crippen LogP contribution is 2.06. The normalized spacial score (nSPS) is 18.6. The van der Waals surface area contributed by atoms with Crippen LogP contribution in [-0.2, 0) is 11.3 Å². The van der Waals surface area contributed by atoms with Crippen molar-refractivity contribution in [2.75, 3.05) is 33.2 Å². The Morgan fingerprint density at radius 2 is 2.28 bits per heavy atom. The van der Waals surface area contributed by atoms with E-state index in [2.05, 4.69) is 25.4 Å². The molecule has 1 aromatic rings. The first-order chi connectivity index (χ1) is 8.68. The third kappa shape index (κ3) is 3.05. The van der Waals surface area contributed by atoms with Crippen molar-refractivity contribution in [2.24, 2.45) is 0 Å². The van der Waals surface area contributed by atoms with Crippen LogP contribution in [0.3, 0.4) is 0 Å². The van der Waals surface area contributed by atoms with E-state index < -0.39 is 0 Å². The number of rotatable bonds is 4. The molecule has 18 heavy (non-hydrogen) atoms. The average Bonchev–Trinajstić information content (AvgIpc) is 2.91. The largest absolute Gasteiger partial charge is 0.337 e. The van der Waals surface area contributed by atoms with Gasteiger partial charge in [0.25, 0.3) is 0 Å². The van der Waals surface area contributed by atoms with Gasteiger partial charge >= 0.3 is 0 Å². The van der Waals surface area contributed by atoms with Crippen LogP contribution in [0.25, 0.3) is 0 Å². The molecule has 1 aliphatic rings. The SMILES string of the molecule is CC(C(=O)N(C)Cc1ncn[nH]1)N1CCNCC1. The van der Waals surface area contributed by atoms with Gasteiger partial charge in [-0.05, 0) is 6.92 Å². The van der Waals surface area contributed by atoms with Gasteiger partial charge in [-0.25, -0.2) is 4.98 Å². The van der Waals surface area contributed by atoms with Gasteiger partial charge in [0.1, 0.15) is 12.2 Å². The van der Waals surface area contributed by atoms with E-state index in [9.17, 15) is 4.79 Å². The second-order valence-electron chi connectivity index (χ2n) is 4.59. The van der Waals surface area contributed by atoms with Crippen LogP contribution in [0.5, 0.6) is 0 Å². The van der Waals surface area contributed by atoms with Crippen LogP contribution in [0.2, 0.25) is 0 Å². The molecule has 2 rings (SSSR count). The first-order valence-corrected chi connectivity index (χ1v) is 6.22. The number of aromatic nitrogens is 3. The van der Waals surface area contributed by atoms with Gasteiger partial charge in [-0.3, -0.25) is 14.8 Å². The molecule has 0 spiro atoms. The van der Waals surface area contributed by atoms with Crippen LogP contribution in [0.1, 0.15) is 12.7 Å². The zero-order chi connectivity index (χ0) is 13.0. The topological polar surface area (TPSA) is 77.2 Å². The van der Waals surface area contributed by atoms with Gasteiger partial charge in [0.05, 0.1) is 12.6 Å².